The summed E-state index contributed by atoms with van der Waals surface area (Å²) in [4.78, 5) is 2.42. The molecular weight excluding hydrogens is 326 g/mol. The summed E-state index contributed by atoms with van der Waals surface area (Å²) in [5.41, 5.74) is 3.69. The zero-order valence-electron chi connectivity index (χ0n) is 12.2. The third-order valence-corrected chi connectivity index (χ3v) is 4.80. The normalized spacial score (nSPS) is 16.2. The van der Waals surface area contributed by atoms with E-state index in [0.717, 1.165) is 23.0 Å². The Morgan fingerprint density at radius 2 is 1.95 bits per heavy atom. The smallest absolute Gasteiger partial charge is 0.120 e. The maximum absolute atomic E-state index is 10.2. The molecule has 1 aliphatic rings. The molecule has 3 rings (SSSR count). The molecule has 0 spiro atoms. The monoisotopic (exact) mass is 345 g/mol. The Labute approximate surface area is 134 Å². The third kappa shape index (κ3) is 2.93. The minimum atomic E-state index is 0.154. The predicted octanol–water partition coefficient (Wildman–Crippen LogP) is 5.06. The third-order valence-electron chi connectivity index (χ3n) is 4.30. The number of hydrogen-bond acceptors (Lipinski definition) is 2. The van der Waals surface area contributed by atoms with E-state index in [9.17, 15) is 5.11 Å². The first-order valence-corrected chi connectivity index (χ1v) is 8.29. The molecule has 0 aromatic heterocycles. The Morgan fingerprint density at radius 1 is 1.14 bits per heavy atom. The van der Waals surface area contributed by atoms with Crippen molar-refractivity contribution in [2.45, 2.75) is 32.2 Å². The molecule has 2 aromatic rings. The molecule has 0 saturated heterocycles. The van der Waals surface area contributed by atoms with Crippen LogP contribution in [0.25, 0.3) is 0 Å². The fourth-order valence-corrected chi connectivity index (χ4v) is 3.53. The molecule has 0 saturated carbocycles. The molecule has 2 aromatic carbocycles. The Bertz CT molecular complexity index is 641. The van der Waals surface area contributed by atoms with Crippen LogP contribution in [-0.4, -0.2) is 11.7 Å². The van der Waals surface area contributed by atoms with Gasteiger partial charge in [0.15, 0.2) is 0 Å². The molecule has 3 heteroatoms. The molecule has 1 unspecified atom stereocenters. The molecule has 0 bridgehead atoms. The molecule has 21 heavy (non-hydrogen) atoms. The van der Waals surface area contributed by atoms with E-state index in [1.165, 1.54) is 24.1 Å². The van der Waals surface area contributed by atoms with Crippen molar-refractivity contribution < 1.29 is 5.11 Å². The summed E-state index contributed by atoms with van der Waals surface area (Å²) in [6, 6.07) is 14.5. The predicted molar refractivity (Wildman–Crippen MR) is 90.9 cm³/mol. The fraction of sp³-hybridized carbons (Fsp3) is 0.333. The number of para-hydroxylation sites is 1. The van der Waals surface area contributed by atoms with Crippen molar-refractivity contribution in [2.75, 3.05) is 11.4 Å². The Kier molecular flexibility index (Phi) is 4.20. The van der Waals surface area contributed by atoms with Crippen LogP contribution in [-0.2, 0) is 6.42 Å². The van der Waals surface area contributed by atoms with Crippen LogP contribution >= 0.6 is 15.9 Å². The second kappa shape index (κ2) is 6.10. The van der Waals surface area contributed by atoms with Gasteiger partial charge in [0, 0.05) is 22.3 Å². The van der Waals surface area contributed by atoms with Gasteiger partial charge in [0.2, 0.25) is 0 Å². The van der Waals surface area contributed by atoms with E-state index < -0.39 is 0 Å². The maximum atomic E-state index is 10.2. The van der Waals surface area contributed by atoms with E-state index in [1.54, 1.807) is 6.07 Å². The molecule has 110 valence electrons. The van der Waals surface area contributed by atoms with Gasteiger partial charge in [-0.1, -0.05) is 34.1 Å². The SMILES string of the molecule is CC(c1cc(Br)ccc1O)N1CCCCc2ccccc21. The highest BCUT2D eigenvalue weighted by Crippen LogP contribution is 2.37. The highest BCUT2D eigenvalue weighted by atomic mass is 79.9. The van der Waals surface area contributed by atoms with Crippen LogP contribution in [0.4, 0.5) is 5.69 Å². The minimum Gasteiger partial charge on any atom is -0.508 e. The van der Waals surface area contributed by atoms with Crippen LogP contribution in [0.2, 0.25) is 0 Å². The Balaban J connectivity index is 2.01. The van der Waals surface area contributed by atoms with E-state index in [0.29, 0.717) is 5.75 Å². The van der Waals surface area contributed by atoms with Crippen molar-refractivity contribution in [3.8, 4) is 5.75 Å². The summed E-state index contributed by atoms with van der Waals surface area (Å²) in [6.07, 6.45) is 3.56. The number of halogens is 1. The lowest BCUT2D eigenvalue weighted by Gasteiger charge is -2.32. The number of aromatic hydroxyl groups is 1. The number of anilines is 1. The van der Waals surface area contributed by atoms with Crippen LogP contribution in [0.5, 0.6) is 5.75 Å². The number of aryl methyl sites for hydroxylation is 1. The standard InChI is InChI=1S/C18H20BrNO/c1-13(16-12-15(19)9-10-18(16)21)20-11-5-4-7-14-6-2-3-8-17(14)20/h2-3,6,8-10,12-13,21H,4-5,7,11H2,1H3. The van der Waals surface area contributed by atoms with E-state index >= 15 is 0 Å². The first-order chi connectivity index (χ1) is 10.2. The van der Waals surface area contributed by atoms with Gasteiger partial charge in [0.25, 0.3) is 0 Å². The molecular formula is C18H20BrNO. The quantitative estimate of drug-likeness (QED) is 0.822. The van der Waals surface area contributed by atoms with Crippen molar-refractivity contribution in [3.05, 3.63) is 58.1 Å². The maximum Gasteiger partial charge on any atom is 0.120 e. The van der Waals surface area contributed by atoms with Crippen LogP contribution in [0.1, 0.15) is 36.9 Å². The van der Waals surface area contributed by atoms with Gasteiger partial charge in [0.1, 0.15) is 5.75 Å². The van der Waals surface area contributed by atoms with Crippen LogP contribution in [0.3, 0.4) is 0 Å². The molecule has 0 aliphatic carbocycles. The first-order valence-electron chi connectivity index (χ1n) is 7.50. The van der Waals surface area contributed by atoms with E-state index in [1.807, 2.05) is 12.1 Å². The largest absolute Gasteiger partial charge is 0.508 e. The lowest BCUT2D eigenvalue weighted by molar-refractivity contribution is 0.460. The van der Waals surface area contributed by atoms with Gasteiger partial charge in [-0.2, -0.15) is 0 Å². The molecule has 1 aliphatic heterocycles. The summed E-state index contributed by atoms with van der Waals surface area (Å²) in [6.45, 7) is 3.20. The average molecular weight is 346 g/mol. The molecule has 0 radical (unpaired) electrons. The minimum absolute atomic E-state index is 0.154. The van der Waals surface area contributed by atoms with Gasteiger partial charge < -0.3 is 10.0 Å². The van der Waals surface area contributed by atoms with Crippen LogP contribution in [0.15, 0.2) is 46.9 Å². The van der Waals surface area contributed by atoms with Crippen LogP contribution in [0, 0.1) is 0 Å². The summed E-state index contributed by atoms with van der Waals surface area (Å²) in [7, 11) is 0. The number of rotatable bonds is 2. The molecule has 0 fully saturated rings. The topological polar surface area (TPSA) is 23.5 Å². The Morgan fingerprint density at radius 3 is 2.81 bits per heavy atom. The number of fused-ring (bicyclic) bond motifs is 1. The summed E-state index contributed by atoms with van der Waals surface area (Å²) < 4.78 is 1.00. The molecule has 1 atom stereocenters. The summed E-state index contributed by atoms with van der Waals surface area (Å²) in [5.74, 6) is 0.368. The van der Waals surface area contributed by atoms with E-state index in [4.69, 9.17) is 0 Å². The van der Waals surface area contributed by atoms with Crippen molar-refractivity contribution >= 4 is 21.6 Å². The highest BCUT2D eigenvalue weighted by molar-refractivity contribution is 9.10. The number of nitrogens with zero attached hydrogens (tertiary/aromatic N) is 1. The van der Waals surface area contributed by atoms with Gasteiger partial charge in [-0.15, -0.1) is 0 Å². The number of phenols is 1. The van der Waals surface area contributed by atoms with Crippen molar-refractivity contribution in [2.24, 2.45) is 0 Å². The summed E-state index contributed by atoms with van der Waals surface area (Å²) >= 11 is 3.51. The van der Waals surface area contributed by atoms with E-state index in [-0.39, 0.29) is 6.04 Å². The van der Waals surface area contributed by atoms with E-state index in [2.05, 4.69) is 52.0 Å². The van der Waals surface area contributed by atoms with Gasteiger partial charge >= 0.3 is 0 Å². The van der Waals surface area contributed by atoms with Crippen molar-refractivity contribution in [1.29, 1.82) is 0 Å². The van der Waals surface area contributed by atoms with Gasteiger partial charge in [0.05, 0.1) is 6.04 Å². The lowest BCUT2D eigenvalue weighted by atomic mass is 10.0. The zero-order valence-corrected chi connectivity index (χ0v) is 13.8. The first kappa shape index (κ1) is 14.5. The van der Waals surface area contributed by atoms with Crippen molar-refractivity contribution in [3.63, 3.8) is 0 Å². The highest BCUT2D eigenvalue weighted by Gasteiger charge is 2.22. The second-order valence-corrected chi connectivity index (χ2v) is 6.57. The number of phenolic OH excluding ortho intramolecular Hbond substituents is 1. The van der Waals surface area contributed by atoms with Crippen molar-refractivity contribution in [1.82, 2.24) is 0 Å². The number of benzene rings is 2. The van der Waals surface area contributed by atoms with Gasteiger partial charge in [-0.3, -0.25) is 0 Å². The summed E-state index contributed by atoms with van der Waals surface area (Å²) in [5, 5.41) is 10.2. The average Bonchev–Trinajstić information content (AvgIpc) is 2.71. The number of hydrogen-bond donors (Lipinski definition) is 1. The molecule has 0 amide bonds. The molecule has 2 nitrogen and oxygen atoms in total. The second-order valence-electron chi connectivity index (χ2n) is 5.66. The molecule has 1 N–H and O–H groups in total. The Hall–Kier alpha value is -1.48. The van der Waals surface area contributed by atoms with Gasteiger partial charge in [-0.05, 0) is 56.0 Å². The fourth-order valence-electron chi connectivity index (χ4n) is 3.15. The van der Waals surface area contributed by atoms with Crippen LogP contribution < -0.4 is 4.90 Å². The lowest BCUT2D eigenvalue weighted by Crippen LogP contribution is -2.27. The van der Waals surface area contributed by atoms with Gasteiger partial charge in [-0.25, -0.2) is 0 Å². The zero-order chi connectivity index (χ0) is 14.8. The molecule has 1 heterocycles.